The molecule has 2 rings (SSSR count). The molecule has 0 aliphatic heterocycles. The van der Waals surface area contributed by atoms with E-state index in [-0.39, 0.29) is 0 Å². The van der Waals surface area contributed by atoms with Crippen molar-refractivity contribution in [2.24, 2.45) is 5.92 Å². The molecular weight excluding hydrogens is 256 g/mol. The van der Waals surface area contributed by atoms with Gasteiger partial charge in [0.25, 0.3) is 0 Å². The number of nitriles is 1. The largest absolute Gasteiger partial charge is 0.382 e. The lowest BCUT2D eigenvalue weighted by atomic mass is 10.0. The van der Waals surface area contributed by atoms with Gasteiger partial charge in [-0.05, 0) is 25.2 Å². The zero-order valence-electron chi connectivity index (χ0n) is 11.5. The van der Waals surface area contributed by atoms with E-state index in [0.29, 0.717) is 22.5 Å². The molecule has 0 aromatic carbocycles. The van der Waals surface area contributed by atoms with Crippen molar-refractivity contribution >= 4 is 17.6 Å². The molecule has 1 fully saturated rings. The van der Waals surface area contributed by atoms with Gasteiger partial charge in [0.15, 0.2) is 5.16 Å². The van der Waals surface area contributed by atoms with E-state index in [1.54, 1.807) is 11.8 Å². The van der Waals surface area contributed by atoms with E-state index in [9.17, 15) is 5.26 Å². The number of hydrogen-bond acceptors (Lipinski definition) is 5. The second-order valence-electron chi connectivity index (χ2n) is 5.45. The highest BCUT2D eigenvalue weighted by Gasteiger charge is 2.20. The zero-order chi connectivity index (χ0) is 13.8. The molecule has 1 saturated carbocycles. The van der Waals surface area contributed by atoms with Crippen LogP contribution in [0.2, 0.25) is 0 Å². The summed E-state index contributed by atoms with van der Waals surface area (Å²) in [6.07, 6.45) is 5.82. The van der Waals surface area contributed by atoms with Gasteiger partial charge in [-0.1, -0.05) is 38.5 Å². The Hall–Kier alpha value is -1.28. The Kier molecular flexibility index (Phi) is 4.65. The lowest BCUT2D eigenvalue weighted by Crippen LogP contribution is -2.09. The minimum Gasteiger partial charge on any atom is -0.382 e. The summed E-state index contributed by atoms with van der Waals surface area (Å²) in [5.74, 6) is 0.777. The molecule has 1 aliphatic rings. The molecule has 0 unspecified atom stereocenters. The second kappa shape index (κ2) is 6.25. The fraction of sp³-hybridized carbons (Fsp3) is 0.643. The van der Waals surface area contributed by atoms with Crippen molar-refractivity contribution in [2.45, 2.75) is 56.4 Å². The number of nitrogens with two attached hydrogens (primary N) is 1. The summed E-state index contributed by atoms with van der Waals surface area (Å²) in [4.78, 5) is 8.84. The third-order valence-electron chi connectivity index (χ3n) is 3.28. The van der Waals surface area contributed by atoms with Gasteiger partial charge in [-0.3, -0.25) is 0 Å². The van der Waals surface area contributed by atoms with Crippen molar-refractivity contribution in [3.63, 3.8) is 0 Å². The van der Waals surface area contributed by atoms with Crippen LogP contribution in [0.5, 0.6) is 0 Å². The number of aromatic nitrogens is 2. The van der Waals surface area contributed by atoms with E-state index >= 15 is 0 Å². The first kappa shape index (κ1) is 14.1. The Morgan fingerprint density at radius 1 is 1.37 bits per heavy atom. The van der Waals surface area contributed by atoms with Crippen molar-refractivity contribution in [1.29, 1.82) is 5.26 Å². The summed E-state index contributed by atoms with van der Waals surface area (Å²) in [7, 11) is 0. The first-order chi connectivity index (χ1) is 9.10. The average molecular weight is 276 g/mol. The maximum atomic E-state index is 9.17. The molecule has 0 radical (unpaired) electrons. The van der Waals surface area contributed by atoms with Gasteiger partial charge in [-0.15, -0.1) is 0 Å². The molecular formula is C14H20N4S. The van der Waals surface area contributed by atoms with Crippen LogP contribution in [0.3, 0.4) is 0 Å². The Labute approximate surface area is 118 Å². The lowest BCUT2D eigenvalue weighted by Gasteiger charge is -2.12. The third kappa shape index (κ3) is 3.60. The van der Waals surface area contributed by atoms with Crippen molar-refractivity contribution in [3.05, 3.63) is 11.3 Å². The van der Waals surface area contributed by atoms with Crippen LogP contribution in [-0.4, -0.2) is 15.2 Å². The van der Waals surface area contributed by atoms with Gasteiger partial charge in [-0.2, -0.15) is 5.26 Å². The van der Waals surface area contributed by atoms with E-state index in [1.807, 2.05) is 0 Å². The molecule has 0 atom stereocenters. The summed E-state index contributed by atoms with van der Waals surface area (Å²) < 4.78 is 0. The molecule has 0 spiro atoms. The Balaban J connectivity index is 2.24. The molecule has 0 saturated heterocycles. The number of thioether (sulfide) groups is 1. The highest BCUT2D eigenvalue weighted by molar-refractivity contribution is 7.99. The molecule has 102 valence electrons. The summed E-state index contributed by atoms with van der Waals surface area (Å²) in [6, 6.07) is 2.13. The van der Waals surface area contributed by atoms with Gasteiger partial charge < -0.3 is 5.73 Å². The Morgan fingerprint density at radius 2 is 2.05 bits per heavy atom. The third-order valence-corrected chi connectivity index (χ3v) is 4.48. The number of nitrogen functional groups attached to an aromatic ring is 1. The van der Waals surface area contributed by atoms with Gasteiger partial charge in [0.1, 0.15) is 17.5 Å². The van der Waals surface area contributed by atoms with Crippen LogP contribution in [-0.2, 0) is 6.42 Å². The minimum absolute atomic E-state index is 0.327. The molecule has 1 heterocycles. The summed E-state index contributed by atoms with van der Waals surface area (Å²) in [6.45, 7) is 4.23. The van der Waals surface area contributed by atoms with Crippen LogP contribution in [0.15, 0.2) is 5.16 Å². The number of rotatable bonds is 4. The van der Waals surface area contributed by atoms with E-state index in [0.717, 1.165) is 17.3 Å². The maximum absolute atomic E-state index is 9.17. The molecule has 2 N–H and O–H groups in total. The highest BCUT2D eigenvalue weighted by Crippen LogP contribution is 2.34. The van der Waals surface area contributed by atoms with Gasteiger partial charge in [0.2, 0.25) is 0 Å². The molecule has 1 aliphatic carbocycles. The number of nitrogens with zero attached hydrogens (tertiary/aromatic N) is 3. The van der Waals surface area contributed by atoms with Crippen LogP contribution >= 0.6 is 11.8 Å². The van der Waals surface area contributed by atoms with Crippen molar-refractivity contribution in [1.82, 2.24) is 9.97 Å². The van der Waals surface area contributed by atoms with Crippen LogP contribution in [0.25, 0.3) is 0 Å². The minimum atomic E-state index is 0.327. The standard InChI is InChI=1S/C14H20N4S/c1-9(2)7-12-11(8-15)13(16)18-14(17-12)19-10-5-3-4-6-10/h9-10H,3-7H2,1-2H3,(H2,16,17,18). The molecule has 1 aromatic heterocycles. The molecule has 4 nitrogen and oxygen atoms in total. The van der Waals surface area contributed by atoms with Crippen LogP contribution in [0, 0.1) is 17.2 Å². The SMILES string of the molecule is CC(C)Cc1nc(SC2CCCC2)nc(N)c1C#N. The van der Waals surface area contributed by atoms with Crippen LogP contribution in [0.4, 0.5) is 5.82 Å². The maximum Gasteiger partial charge on any atom is 0.190 e. The monoisotopic (exact) mass is 276 g/mol. The quantitative estimate of drug-likeness (QED) is 0.855. The van der Waals surface area contributed by atoms with E-state index < -0.39 is 0 Å². The van der Waals surface area contributed by atoms with Gasteiger partial charge in [0.05, 0.1) is 5.69 Å². The van der Waals surface area contributed by atoms with Crippen LogP contribution in [0.1, 0.15) is 50.8 Å². The molecule has 5 heteroatoms. The lowest BCUT2D eigenvalue weighted by molar-refractivity contribution is 0.626. The van der Waals surface area contributed by atoms with E-state index in [2.05, 4.69) is 29.9 Å². The topological polar surface area (TPSA) is 75.6 Å². The summed E-state index contributed by atoms with van der Waals surface area (Å²) in [5, 5.41) is 10.5. The molecule has 0 amide bonds. The van der Waals surface area contributed by atoms with E-state index in [4.69, 9.17) is 5.73 Å². The van der Waals surface area contributed by atoms with Gasteiger partial charge in [-0.25, -0.2) is 9.97 Å². The zero-order valence-corrected chi connectivity index (χ0v) is 12.3. The van der Waals surface area contributed by atoms with Gasteiger partial charge >= 0.3 is 0 Å². The van der Waals surface area contributed by atoms with Crippen molar-refractivity contribution in [2.75, 3.05) is 5.73 Å². The molecule has 0 bridgehead atoms. The van der Waals surface area contributed by atoms with Crippen molar-refractivity contribution in [3.8, 4) is 6.07 Å². The molecule has 1 aromatic rings. The molecule has 19 heavy (non-hydrogen) atoms. The van der Waals surface area contributed by atoms with Gasteiger partial charge in [0, 0.05) is 5.25 Å². The predicted octanol–water partition coefficient (Wildman–Crippen LogP) is 3.16. The first-order valence-corrected chi connectivity index (χ1v) is 7.71. The van der Waals surface area contributed by atoms with Crippen LogP contribution < -0.4 is 5.73 Å². The van der Waals surface area contributed by atoms with E-state index in [1.165, 1.54) is 25.7 Å². The smallest absolute Gasteiger partial charge is 0.190 e. The number of anilines is 1. The normalized spacial score (nSPS) is 15.9. The fourth-order valence-corrected chi connectivity index (χ4v) is 3.55. The summed E-state index contributed by atoms with van der Waals surface area (Å²) in [5.41, 5.74) is 7.14. The summed E-state index contributed by atoms with van der Waals surface area (Å²) >= 11 is 1.71. The average Bonchev–Trinajstić information content (AvgIpc) is 2.80. The second-order valence-corrected chi connectivity index (χ2v) is 6.71. The number of hydrogen-bond donors (Lipinski definition) is 1. The Morgan fingerprint density at radius 3 is 2.63 bits per heavy atom. The fourth-order valence-electron chi connectivity index (χ4n) is 2.37. The first-order valence-electron chi connectivity index (χ1n) is 6.83. The Bertz CT molecular complexity index is 487. The highest BCUT2D eigenvalue weighted by atomic mass is 32.2. The predicted molar refractivity (Wildman–Crippen MR) is 77.8 cm³/mol. The van der Waals surface area contributed by atoms with Crippen molar-refractivity contribution < 1.29 is 0 Å².